The average Bonchev–Trinajstić information content (AvgIpc) is 2.17. The number of rotatable bonds is 2. The lowest BCUT2D eigenvalue weighted by atomic mass is 10.3. The van der Waals surface area contributed by atoms with Gasteiger partial charge in [-0.3, -0.25) is 10.0 Å². The van der Waals surface area contributed by atoms with E-state index < -0.39 is 10.7 Å². The highest BCUT2D eigenvalue weighted by atomic mass is 35.5. The van der Waals surface area contributed by atoms with Crippen molar-refractivity contribution in [3.05, 3.63) is 30.3 Å². The molecule has 0 saturated carbocycles. The van der Waals surface area contributed by atoms with Crippen LogP contribution in [0.2, 0.25) is 0 Å². The molecule has 0 atom stereocenters. The Morgan fingerprint density at radius 2 is 1.85 bits per heavy atom. The van der Waals surface area contributed by atoms with E-state index in [1.54, 1.807) is 30.3 Å². The van der Waals surface area contributed by atoms with Crippen molar-refractivity contribution in [2.24, 2.45) is 0 Å². The lowest BCUT2D eigenvalue weighted by Gasteiger charge is -2.14. The summed E-state index contributed by atoms with van der Waals surface area (Å²) in [5.74, 6) is -0.769. The van der Waals surface area contributed by atoms with Crippen LogP contribution >= 0.6 is 23.2 Å². The minimum atomic E-state index is -1.26. The lowest BCUT2D eigenvalue weighted by molar-refractivity contribution is -0.121. The van der Waals surface area contributed by atoms with E-state index in [0.29, 0.717) is 10.8 Å². The highest BCUT2D eigenvalue weighted by molar-refractivity contribution is 6.54. The van der Waals surface area contributed by atoms with Crippen molar-refractivity contribution in [1.82, 2.24) is 0 Å². The van der Waals surface area contributed by atoms with Gasteiger partial charge >= 0.3 is 0 Å². The van der Waals surface area contributed by atoms with Crippen molar-refractivity contribution >= 4 is 34.8 Å². The molecule has 0 aliphatic carbocycles. The van der Waals surface area contributed by atoms with Crippen molar-refractivity contribution in [1.29, 1.82) is 0 Å². The highest BCUT2D eigenvalue weighted by Gasteiger charge is 2.19. The molecule has 0 aliphatic rings. The minimum Gasteiger partial charge on any atom is -0.281 e. The van der Waals surface area contributed by atoms with E-state index >= 15 is 0 Å². The molecule has 0 radical (unpaired) electrons. The molecule has 1 N–H and O–H groups in total. The maximum atomic E-state index is 11.1. The summed E-state index contributed by atoms with van der Waals surface area (Å²) in [6, 6.07) is 8.26. The van der Waals surface area contributed by atoms with E-state index in [1.165, 1.54) is 0 Å². The van der Waals surface area contributed by atoms with E-state index in [0.717, 1.165) is 0 Å². The minimum absolute atomic E-state index is 0.332. The molecule has 0 aromatic heterocycles. The predicted molar refractivity (Wildman–Crippen MR) is 51.2 cm³/mol. The fourth-order valence-electron chi connectivity index (χ4n) is 0.789. The molecule has 0 saturated heterocycles. The van der Waals surface area contributed by atoms with E-state index in [1.807, 2.05) is 0 Å². The maximum Gasteiger partial charge on any atom is 0.283 e. The zero-order valence-corrected chi connectivity index (χ0v) is 8.03. The van der Waals surface area contributed by atoms with Crippen molar-refractivity contribution < 1.29 is 10.0 Å². The third-order valence-corrected chi connectivity index (χ3v) is 1.77. The summed E-state index contributed by atoms with van der Waals surface area (Å²) in [6.07, 6.45) is 0. The summed E-state index contributed by atoms with van der Waals surface area (Å²) in [6.45, 7) is 0. The first-order chi connectivity index (χ1) is 6.13. The second kappa shape index (κ2) is 4.46. The average molecular weight is 220 g/mol. The summed E-state index contributed by atoms with van der Waals surface area (Å²) in [4.78, 5) is 9.80. The van der Waals surface area contributed by atoms with E-state index in [-0.39, 0.29) is 0 Å². The Balaban J connectivity index is 2.80. The zero-order valence-electron chi connectivity index (χ0n) is 6.52. The van der Waals surface area contributed by atoms with Gasteiger partial charge < -0.3 is 0 Å². The Bertz CT molecular complexity index is 289. The Morgan fingerprint density at radius 3 is 2.31 bits per heavy atom. The number of amides is 1. The molecule has 1 amide bonds. The van der Waals surface area contributed by atoms with Gasteiger partial charge in [-0.05, 0) is 12.1 Å². The van der Waals surface area contributed by atoms with Gasteiger partial charge in [-0.25, -0.2) is 0 Å². The summed E-state index contributed by atoms with van der Waals surface area (Å²) in [5, 5.41) is 9.70. The molecule has 0 fully saturated rings. The summed E-state index contributed by atoms with van der Waals surface area (Å²) >= 11 is 10.6. The van der Waals surface area contributed by atoms with Gasteiger partial charge in [0.1, 0.15) is 0 Å². The molecule has 13 heavy (non-hydrogen) atoms. The second-order valence-corrected chi connectivity index (χ2v) is 3.38. The number of para-hydroxylation sites is 1. The third kappa shape index (κ3) is 2.59. The molecule has 3 nitrogen and oxygen atoms in total. The SMILES string of the molecule is O=C(C(Cl)Cl)N(O)c1ccccc1. The predicted octanol–water partition coefficient (Wildman–Crippen LogP) is 2.21. The number of nitrogens with zero attached hydrogens (tertiary/aromatic N) is 1. The zero-order chi connectivity index (χ0) is 9.84. The first-order valence-electron chi connectivity index (χ1n) is 3.49. The maximum absolute atomic E-state index is 11.1. The molecule has 1 aromatic carbocycles. The number of anilines is 1. The van der Waals surface area contributed by atoms with Gasteiger partial charge in [-0.15, -0.1) is 0 Å². The van der Waals surface area contributed by atoms with Gasteiger partial charge in [-0.2, -0.15) is 5.06 Å². The van der Waals surface area contributed by atoms with Crippen LogP contribution in [0.1, 0.15) is 0 Å². The highest BCUT2D eigenvalue weighted by Crippen LogP contribution is 2.14. The van der Waals surface area contributed by atoms with Crippen LogP contribution in [-0.4, -0.2) is 16.0 Å². The quantitative estimate of drug-likeness (QED) is 0.471. The molecule has 0 unspecified atom stereocenters. The molecular formula is C8H7Cl2NO2. The fraction of sp³-hybridized carbons (Fsp3) is 0.125. The number of carbonyl (C=O) groups excluding carboxylic acids is 1. The van der Waals surface area contributed by atoms with Crippen LogP contribution in [0.5, 0.6) is 0 Å². The van der Waals surface area contributed by atoms with Gasteiger partial charge in [0, 0.05) is 0 Å². The van der Waals surface area contributed by atoms with Crippen molar-refractivity contribution in [3.63, 3.8) is 0 Å². The summed E-state index contributed by atoms with van der Waals surface area (Å²) < 4.78 is 0. The van der Waals surface area contributed by atoms with Crippen LogP contribution < -0.4 is 5.06 Å². The Labute approximate surface area is 85.4 Å². The molecular weight excluding hydrogens is 213 g/mol. The fourth-order valence-corrected chi connectivity index (χ4v) is 0.974. The topological polar surface area (TPSA) is 40.5 Å². The van der Waals surface area contributed by atoms with E-state index in [4.69, 9.17) is 23.2 Å². The Kier molecular flexibility index (Phi) is 3.54. The number of alkyl halides is 2. The van der Waals surface area contributed by atoms with Gasteiger partial charge in [0.15, 0.2) is 4.84 Å². The molecule has 1 rings (SSSR count). The van der Waals surface area contributed by atoms with Gasteiger partial charge in [0.2, 0.25) is 0 Å². The molecule has 0 aliphatic heterocycles. The molecule has 0 bridgehead atoms. The van der Waals surface area contributed by atoms with Crippen molar-refractivity contribution in [3.8, 4) is 0 Å². The number of carbonyl (C=O) groups is 1. The Hall–Kier alpha value is -0.770. The molecule has 0 spiro atoms. The van der Waals surface area contributed by atoms with Gasteiger partial charge in [0.05, 0.1) is 5.69 Å². The van der Waals surface area contributed by atoms with Crippen LogP contribution in [-0.2, 0) is 4.79 Å². The van der Waals surface area contributed by atoms with Crippen LogP contribution in [0.3, 0.4) is 0 Å². The van der Waals surface area contributed by atoms with Gasteiger partial charge in [0.25, 0.3) is 5.91 Å². The van der Waals surface area contributed by atoms with Crippen LogP contribution in [0.15, 0.2) is 30.3 Å². The van der Waals surface area contributed by atoms with Crippen LogP contribution in [0, 0.1) is 0 Å². The van der Waals surface area contributed by atoms with Crippen LogP contribution in [0.4, 0.5) is 5.69 Å². The summed E-state index contributed by atoms with van der Waals surface area (Å²) in [7, 11) is 0. The third-order valence-electron chi connectivity index (χ3n) is 1.40. The smallest absolute Gasteiger partial charge is 0.281 e. The lowest BCUT2D eigenvalue weighted by Crippen LogP contribution is -2.31. The largest absolute Gasteiger partial charge is 0.283 e. The number of hydroxylamine groups is 1. The number of hydrogen-bond donors (Lipinski definition) is 1. The number of hydrogen-bond acceptors (Lipinski definition) is 2. The normalized spacial score (nSPS) is 10.2. The molecule has 1 aromatic rings. The van der Waals surface area contributed by atoms with Crippen molar-refractivity contribution in [2.45, 2.75) is 4.84 Å². The van der Waals surface area contributed by atoms with Crippen LogP contribution in [0.25, 0.3) is 0 Å². The van der Waals surface area contributed by atoms with E-state index in [9.17, 15) is 10.0 Å². The second-order valence-electron chi connectivity index (χ2n) is 2.29. The monoisotopic (exact) mass is 219 g/mol. The molecule has 70 valence electrons. The van der Waals surface area contributed by atoms with Crippen molar-refractivity contribution in [2.75, 3.05) is 5.06 Å². The standard InChI is InChI=1S/C8H7Cl2NO2/c9-7(10)8(12)11(13)6-4-2-1-3-5-6/h1-5,7,13H. The Morgan fingerprint density at radius 1 is 1.31 bits per heavy atom. The first-order valence-corrected chi connectivity index (χ1v) is 4.36. The van der Waals surface area contributed by atoms with E-state index in [2.05, 4.69) is 0 Å². The summed E-state index contributed by atoms with van der Waals surface area (Å²) in [5.41, 5.74) is 0.332. The number of halogens is 2. The molecule has 0 heterocycles. The first kappa shape index (κ1) is 10.3. The molecule has 5 heteroatoms. The number of benzene rings is 1. The van der Waals surface area contributed by atoms with Gasteiger partial charge in [-0.1, -0.05) is 41.4 Å².